The lowest BCUT2D eigenvalue weighted by Crippen LogP contribution is -2.76. The highest BCUT2D eigenvalue weighted by atomic mass is 16.7. The summed E-state index contributed by atoms with van der Waals surface area (Å²) in [5.41, 5.74) is -0.759. The zero-order chi connectivity index (χ0) is 23.9. The van der Waals surface area contributed by atoms with Crippen molar-refractivity contribution >= 4 is 0 Å². The Bertz CT molecular complexity index is 937. The Kier molecular flexibility index (Phi) is 5.31. The van der Waals surface area contributed by atoms with Crippen LogP contribution in [0, 0.1) is 17.3 Å². The van der Waals surface area contributed by atoms with Crippen molar-refractivity contribution in [3.8, 4) is 11.5 Å². The number of aliphatic hydroxyl groups excluding tert-OH is 4. The Hall–Kier alpha value is -1.46. The molecule has 33 heavy (non-hydrogen) atoms. The lowest BCUT2D eigenvalue weighted by atomic mass is 9.51. The standard InChI is InChI=1S/C24H34O9/c1-22-6-4-12-13(3-2-11-8-16(26)17(27)9-14(11)12)15(22)5-7-23(22,31)24(32)21(30)20(29)19(28)18(10-25)33-24/h8-9,12-13,15,18-21,25-32H,2-7,10H2,1H3/t12-,13+,15-,18+,19+,20-,21+,22-,23+,24-/m0/s1. The minimum absolute atomic E-state index is 0.0262. The zero-order valence-corrected chi connectivity index (χ0v) is 18.6. The fourth-order valence-corrected chi connectivity index (χ4v) is 7.70. The molecule has 10 atom stereocenters. The molecule has 0 bridgehead atoms. The summed E-state index contributed by atoms with van der Waals surface area (Å²) in [6.45, 7) is 1.19. The second kappa shape index (κ2) is 7.52. The number of hydrogen-bond acceptors (Lipinski definition) is 9. The van der Waals surface area contributed by atoms with Crippen molar-refractivity contribution in [3.63, 3.8) is 0 Å². The van der Waals surface area contributed by atoms with Gasteiger partial charge in [-0.05, 0) is 79.5 Å². The summed E-state index contributed by atoms with van der Waals surface area (Å²) in [6, 6.07) is 3.26. The Balaban J connectivity index is 1.50. The number of hydrogen-bond donors (Lipinski definition) is 8. The van der Waals surface area contributed by atoms with Gasteiger partial charge in [0.25, 0.3) is 0 Å². The average Bonchev–Trinajstić information content (AvgIpc) is 3.08. The smallest absolute Gasteiger partial charge is 0.225 e. The molecule has 0 unspecified atom stereocenters. The van der Waals surface area contributed by atoms with Crippen molar-refractivity contribution in [1.82, 2.24) is 0 Å². The molecule has 0 amide bonds. The lowest BCUT2D eigenvalue weighted by Gasteiger charge is -2.59. The van der Waals surface area contributed by atoms with E-state index in [0.29, 0.717) is 19.3 Å². The first-order valence-corrected chi connectivity index (χ1v) is 11.8. The molecule has 9 nitrogen and oxygen atoms in total. The topological polar surface area (TPSA) is 171 Å². The van der Waals surface area contributed by atoms with Crippen LogP contribution in [0.25, 0.3) is 0 Å². The van der Waals surface area contributed by atoms with Crippen LogP contribution >= 0.6 is 0 Å². The van der Waals surface area contributed by atoms with Crippen molar-refractivity contribution in [2.75, 3.05) is 6.61 Å². The van der Waals surface area contributed by atoms with Crippen LogP contribution in [0.1, 0.15) is 56.1 Å². The highest BCUT2D eigenvalue weighted by Crippen LogP contribution is 2.67. The summed E-state index contributed by atoms with van der Waals surface area (Å²) in [6.07, 6.45) is -3.32. The van der Waals surface area contributed by atoms with E-state index in [1.54, 1.807) is 12.1 Å². The molecule has 3 aliphatic carbocycles. The first kappa shape index (κ1) is 23.3. The maximum absolute atomic E-state index is 12.0. The molecule has 1 aromatic rings. The van der Waals surface area contributed by atoms with Gasteiger partial charge in [-0.2, -0.15) is 0 Å². The van der Waals surface area contributed by atoms with E-state index in [2.05, 4.69) is 0 Å². The summed E-state index contributed by atoms with van der Waals surface area (Å²) < 4.78 is 5.58. The highest BCUT2D eigenvalue weighted by molar-refractivity contribution is 5.48. The Labute approximate surface area is 191 Å². The molecule has 5 rings (SSSR count). The molecule has 0 spiro atoms. The van der Waals surface area contributed by atoms with E-state index >= 15 is 0 Å². The van der Waals surface area contributed by atoms with Gasteiger partial charge in [0, 0.05) is 5.41 Å². The van der Waals surface area contributed by atoms with Crippen LogP contribution in [0.4, 0.5) is 0 Å². The summed E-state index contributed by atoms with van der Waals surface area (Å²) in [4.78, 5) is 0. The van der Waals surface area contributed by atoms with Crippen molar-refractivity contribution < 1.29 is 45.6 Å². The van der Waals surface area contributed by atoms with Gasteiger partial charge in [0.15, 0.2) is 11.5 Å². The van der Waals surface area contributed by atoms with Crippen LogP contribution in [-0.4, -0.2) is 83.3 Å². The number of aromatic hydroxyl groups is 2. The second-order valence-corrected chi connectivity index (χ2v) is 10.8. The van der Waals surface area contributed by atoms with Crippen molar-refractivity contribution in [1.29, 1.82) is 0 Å². The Morgan fingerprint density at radius 2 is 1.67 bits per heavy atom. The zero-order valence-electron chi connectivity index (χ0n) is 18.6. The number of ether oxygens (including phenoxy) is 1. The van der Waals surface area contributed by atoms with E-state index in [1.165, 1.54) is 0 Å². The van der Waals surface area contributed by atoms with Gasteiger partial charge in [0.2, 0.25) is 5.79 Å². The first-order valence-electron chi connectivity index (χ1n) is 11.8. The van der Waals surface area contributed by atoms with Crippen LogP contribution in [0.2, 0.25) is 0 Å². The van der Waals surface area contributed by atoms with Gasteiger partial charge in [0.05, 0.1) is 6.61 Å². The van der Waals surface area contributed by atoms with Gasteiger partial charge < -0.3 is 45.6 Å². The summed E-state index contributed by atoms with van der Waals surface area (Å²) in [5, 5.41) is 84.4. The van der Waals surface area contributed by atoms with Crippen molar-refractivity contribution in [3.05, 3.63) is 23.3 Å². The molecule has 3 fully saturated rings. The maximum atomic E-state index is 12.0. The van der Waals surface area contributed by atoms with E-state index < -0.39 is 47.8 Å². The third-order valence-electron chi connectivity index (χ3n) is 9.53. The number of fused-ring (bicyclic) bond motifs is 5. The number of rotatable bonds is 2. The van der Waals surface area contributed by atoms with Gasteiger partial charge >= 0.3 is 0 Å². The second-order valence-electron chi connectivity index (χ2n) is 10.8. The summed E-state index contributed by atoms with van der Waals surface area (Å²) >= 11 is 0. The molecule has 1 heterocycles. The van der Waals surface area contributed by atoms with E-state index in [9.17, 15) is 40.9 Å². The minimum Gasteiger partial charge on any atom is -0.504 e. The molecule has 0 radical (unpaired) electrons. The number of phenolic OH excluding ortho intramolecular Hbond substituents is 2. The minimum atomic E-state index is -2.56. The van der Waals surface area contributed by atoms with Gasteiger partial charge in [0.1, 0.15) is 30.0 Å². The average molecular weight is 467 g/mol. The summed E-state index contributed by atoms with van der Waals surface area (Å²) in [7, 11) is 0. The van der Waals surface area contributed by atoms with Gasteiger partial charge in [-0.1, -0.05) is 6.92 Å². The molecule has 4 aliphatic rings. The lowest BCUT2D eigenvalue weighted by molar-refractivity contribution is -0.416. The molecule has 8 N–H and O–H groups in total. The third-order valence-corrected chi connectivity index (χ3v) is 9.53. The van der Waals surface area contributed by atoms with Crippen LogP contribution in [0.15, 0.2) is 12.1 Å². The third kappa shape index (κ3) is 2.90. The Morgan fingerprint density at radius 3 is 2.36 bits per heavy atom. The molecular formula is C24H34O9. The number of aliphatic hydroxyl groups is 6. The van der Waals surface area contributed by atoms with Crippen molar-refractivity contribution in [2.45, 2.75) is 87.2 Å². The summed E-state index contributed by atoms with van der Waals surface area (Å²) in [5.74, 6) is -2.59. The van der Waals surface area contributed by atoms with Crippen LogP contribution in [0.3, 0.4) is 0 Å². The normalized spacial score (nSPS) is 49.2. The molecule has 1 aliphatic heterocycles. The molecule has 2 saturated carbocycles. The van der Waals surface area contributed by atoms with Gasteiger partial charge in [-0.25, -0.2) is 0 Å². The predicted octanol–water partition coefficient (Wildman–Crippen LogP) is -0.153. The van der Waals surface area contributed by atoms with E-state index in [1.807, 2.05) is 6.92 Å². The number of aryl methyl sites for hydroxylation is 1. The molecular weight excluding hydrogens is 432 g/mol. The van der Waals surface area contributed by atoms with Crippen LogP contribution in [0.5, 0.6) is 11.5 Å². The fourth-order valence-electron chi connectivity index (χ4n) is 7.70. The quantitative estimate of drug-likeness (QED) is 0.276. The van der Waals surface area contributed by atoms with E-state index in [-0.39, 0.29) is 35.7 Å². The maximum Gasteiger partial charge on any atom is 0.225 e. The molecule has 1 aromatic carbocycles. The predicted molar refractivity (Wildman–Crippen MR) is 114 cm³/mol. The van der Waals surface area contributed by atoms with E-state index in [4.69, 9.17) is 4.74 Å². The Morgan fingerprint density at radius 1 is 0.970 bits per heavy atom. The van der Waals surface area contributed by atoms with Gasteiger partial charge in [-0.3, -0.25) is 0 Å². The molecule has 1 saturated heterocycles. The molecule has 0 aromatic heterocycles. The number of benzene rings is 1. The monoisotopic (exact) mass is 466 g/mol. The van der Waals surface area contributed by atoms with Crippen LogP contribution < -0.4 is 0 Å². The van der Waals surface area contributed by atoms with Crippen molar-refractivity contribution in [2.24, 2.45) is 17.3 Å². The molecule has 9 heteroatoms. The van der Waals surface area contributed by atoms with Crippen LogP contribution in [-0.2, 0) is 11.2 Å². The largest absolute Gasteiger partial charge is 0.504 e. The van der Waals surface area contributed by atoms with Gasteiger partial charge in [-0.15, -0.1) is 0 Å². The molecule has 184 valence electrons. The first-order chi connectivity index (χ1) is 15.5. The number of phenols is 2. The SMILES string of the molecule is C[C@]12CC[C@@H]3c4cc(O)c(O)cc4CC[C@H]3[C@@H]1CC[C@]2(O)[C@@]1(O)O[C@H](CO)[C@@H](O)[C@H](O)[C@H]1O. The highest BCUT2D eigenvalue weighted by Gasteiger charge is 2.73. The van der Waals surface area contributed by atoms with E-state index in [0.717, 1.165) is 24.0 Å². The fraction of sp³-hybridized carbons (Fsp3) is 0.750.